The number of fused-ring (bicyclic) bond motifs is 1. The van der Waals surface area contributed by atoms with E-state index in [-0.39, 0.29) is 5.56 Å². The minimum atomic E-state index is -0.996. The molecule has 3 aromatic rings. The standard InChI is InChI=1S/C15H8ClNO4/c16-13(18)10-5-6-12-11(7-10)17-14(21-12)8-1-3-9(4-2-8)15(19)20/h1-7H,(H,19,20). The molecule has 0 aliphatic rings. The number of oxazole rings is 1. The summed E-state index contributed by atoms with van der Waals surface area (Å²) in [7, 11) is 0. The highest BCUT2D eigenvalue weighted by Crippen LogP contribution is 2.25. The third-order valence-electron chi connectivity index (χ3n) is 2.99. The van der Waals surface area contributed by atoms with Gasteiger partial charge < -0.3 is 9.52 Å². The van der Waals surface area contributed by atoms with Crippen LogP contribution in [0.3, 0.4) is 0 Å². The number of rotatable bonds is 3. The molecule has 5 nitrogen and oxygen atoms in total. The van der Waals surface area contributed by atoms with Crippen molar-refractivity contribution >= 4 is 33.9 Å². The number of halogens is 1. The van der Waals surface area contributed by atoms with E-state index in [0.717, 1.165) is 0 Å². The van der Waals surface area contributed by atoms with E-state index < -0.39 is 11.2 Å². The number of aromatic carboxylic acids is 1. The molecule has 104 valence electrons. The van der Waals surface area contributed by atoms with Crippen LogP contribution in [0.5, 0.6) is 0 Å². The molecule has 0 aliphatic carbocycles. The van der Waals surface area contributed by atoms with Gasteiger partial charge in [-0.1, -0.05) is 0 Å². The fraction of sp³-hybridized carbons (Fsp3) is 0. The molecule has 0 unspecified atom stereocenters. The number of aromatic nitrogens is 1. The van der Waals surface area contributed by atoms with E-state index in [9.17, 15) is 9.59 Å². The van der Waals surface area contributed by atoms with Gasteiger partial charge >= 0.3 is 5.97 Å². The first-order valence-corrected chi connectivity index (χ1v) is 6.36. The van der Waals surface area contributed by atoms with E-state index in [2.05, 4.69) is 4.98 Å². The van der Waals surface area contributed by atoms with Crippen LogP contribution in [0.4, 0.5) is 0 Å². The molecular weight excluding hydrogens is 294 g/mol. The van der Waals surface area contributed by atoms with Crippen molar-refractivity contribution in [1.29, 1.82) is 0 Å². The Morgan fingerprint density at radius 2 is 1.71 bits per heavy atom. The lowest BCUT2D eigenvalue weighted by Gasteiger charge is -1.96. The average Bonchev–Trinajstić information content (AvgIpc) is 2.90. The SMILES string of the molecule is O=C(O)c1ccc(-c2nc3cc(C(=O)Cl)ccc3o2)cc1. The number of carbonyl (C=O) groups excluding carboxylic acids is 1. The van der Waals surface area contributed by atoms with Crippen LogP contribution in [0, 0.1) is 0 Å². The van der Waals surface area contributed by atoms with Gasteiger partial charge in [-0.2, -0.15) is 0 Å². The molecule has 0 fully saturated rings. The van der Waals surface area contributed by atoms with Crippen LogP contribution in [-0.2, 0) is 0 Å². The van der Waals surface area contributed by atoms with Crippen molar-refractivity contribution in [3.05, 3.63) is 53.6 Å². The van der Waals surface area contributed by atoms with Gasteiger partial charge in [0, 0.05) is 11.1 Å². The van der Waals surface area contributed by atoms with Crippen LogP contribution < -0.4 is 0 Å². The van der Waals surface area contributed by atoms with E-state index in [4.69, 9.17) is 21.1 Å². The smallest absolute Gasteiger partial charge is 0.335 e. The Kier molecular flexibility index (Phi) is 3.19. The van der Waals surface area contributed by atoms with Gasteiger partial charge in [-0.05, 0) is 54.1 Å². The molecule has 0 atom stereocenters. The number of carboxylic acid groups (broad SMARTS) is 1. The molecule has 1 aromatic heterocycles. The van der Waals surface area contributed by atoms with Crippen LogP contribution in [0.2, 0.25) is 0 Å². The molecule has 0 amide bonds. The quantitative estimate of drug-likeness (QED) is 0.748. The van der Waals surface area contributed by atoms with Crippen LogP contribution in [0.25, 0.3) is 22.6 Å². The summed E-state index contributed by atoms with van der Waals surface area (Å²) in [6.07, 6.45) is 0. The minimum absolute atomic E-state index is 0.185. The second-order valence-electron chi connectivity index (χ2n) is 4.36. The highest BCUT2D eigenvalue weighted by atomic mass is 35.5. The topological polar surface area (TPSA) is 80.4 Å². The number of carboxylic acids is 1. The number of hydrogen-bond acceptors (Lipinski definition) is 4. The van der Waals surface area contributed by atoms with Crippen LogP contribution in [-0.4, -0.2) is 21.3 Å². The fourth-order valence-electron chi connectivity index (χ4n) is 1.93. The molecule has 3 rings (SSSR count). The maximum absolute atomic E-state index is 11.1. The molecule has 0 spiro atoms. The van der Waals surface area contributed by atoms with Gasteiger partial charge in [0.25, 0.3) is 5.24 Å². The van der Waals surface area contributed by atoms with Crippen molar-refractivity contribution < 1.29 is 19.1 Å². The summed E-state index contributed by atoms with van der Waals surface area (Å²) < 4.78 is 5.58. The maximum atomic E-state index is 11.1. The van der Waals surface area contributed by atoms with Crippen LogP contribution >= 0.6 is 11.6 Å². The zero-order valence-corrected chi connectivity index (χ0v) is 11.3. The lowest BCUT2D eigenvalue weighted by molar-refractivity contribution is 0.0696. The largest absolute Gasteiger partial charge is 0.478 e. The predicted octanol–water partition coefficient (Wildman–Crippen LogP) is 3.57. The van der Waals surface area contributed by atoms with Crippen LogP contribution in [0.1, 0.15) is 20.7 Å². The fourth-order valence-corrected chi connectivity index (χ4v) is 2.05. The molecule has 0 bridgehead atoms. The van der Waals surface area contributed by atoms with Crippen molar-refractivity contribution in [3.8, 4) is 11.5 Å². The van der Waals surface area contributed by atoms with E-state index >= 15 is 0 Å². The Morgan fingerprint density at radius 1 is 1.05 bits per heavy atom. The van der Waals surface area contributed by atoms with Crippen molar-refractivity contribution in [1.82, 2.24) is 4.98 Å². The summed E-state index contributed by atoms with van der Waals surface area (Å²) in [6, 6.07) is 10.9. The Bertz CT molecular complexity index is 852. The van der Waals surface area contributed by atoms with Gasteiger partial charge in [-0.25, -0.2) is 9.78 Å². The molecular formula is C15H8ClNO4. The van der Waals surface area contributed by atoms with E-state index in [1.807, 2.05) is 0 Å². The first-order valence-electron chi connectivity index (χ1n) is 5.99. The zero-order valence-electron chi connectivity index (χ0n) is 10.5. The van der Waals surface area contributed by atoms with Gasteiger partial charge in [0.15, 0.2) is 5.58 Å². The van der Waals surface area contributed by atoms with Gasteiger partial charge in [0.1, 0.15) is 5.52 Å². The molecule has 0 saturated carbocycles. The normalized spacial score (nSPS) is 10.7. The first kappa shape index (κ1) is 13.3. The van der Waals surface area contributed by atoms with Crippen LogP contribution in [0.15, 0.2) is 46.9 Å². The third-order valence-corrected chi connectivity index (χ3v) is 3.21. The molecule has 1 N–H and O–H groups in total. The maximum Gasteiger partial charge on any atom is 0.335 e. The number of carbonyl (C=O) groups is 2. The molecule has 0 aliphatic heterocycles. The Balaban J connectivity index is 2.04. The Morgan fingerprint density at radius 3 is 2.33 bits per heavy atom. The van der Waals surface area contributed by atoms with E-state index in [1.54, 1.807) is 30.3 Å². The van der Waals surface area contributed by atoms with Gasteiger partial charge in [0.2, 0.25) is 5.89 Å². The van der Waals surface area contributed by atoms with Crippen molar-refractivity contribution in [2.24, 2.45) is 0 Å². The highest BCUT2D eigenvalue weighted by Gasteiger charge is 2.11. The number of nitrogens with zero attached hydrogens (tertiary/aromatic N) is 1. The second kappa shape index (κ2) is 5.03. The summed E-state index contributed by atoms with van der Waals surface area (Å²) in [5, 5.41) is 8.30. The van der Waals surface area contributed by atoms with Crippen molar-refractivity contribution in [3.63, 3.8) is 0 Å². The predicted molar refractivity (Wildman–Crippen MR) is 76.6 cm³/mol. The third kappa shape index (κ3) is 2.51. The minimum Gasteiger partial charge on any atom is -0.478 e. The first-order chi connectivity index (χ1) is 10.0. The lowest BCUT2D eigenvalue weighted by Crippen LogP contribution is -1.94. The van der Waals surface area contributed by atoms with E-state index in [1.165, 1.54) is 12.1 Å². The van der Waals surface area contributed by atoms with Crippen molar-refractivity contribution in [2.45, 2.75) is 0 Å². The van der Waals surface area contributed by atoms with Crippen molar-refractivity contribution in [2.75, 3.05) is 0 Å². The van der Waals surface area contributed by atoms with Gasteiger partial charge in [-0.15, -0.1) is 0 Å². The number of hydrogen-bond donors (Lipinski definition) is 1. The molecule has 0 saturated heterocycles. The van der Waals surface area contributed by atoms with Gasteiger partial charge in [-0.3, -0.25) is 4.79 Å². The molecule has 2 aromatic carbocycles. The Hall–Kier alpha value is -2.66. The second-order valence-corrected chi connectivity index (χ2v) is 4.70. The summed E-state index contributed by atoms with van der Waals surface area (Å²) in [5.41, 5.74) is 2.21. The van der Waals surface area contributed by atoms with Gasteiger partial charge in [0.05, 0.1) is 5.56 Å². The monoisotopic (exact) mass is 301 g/mol. The molecule has 1 heterocycles. The molecule has 21 heavy (non-hydrogen) atoms. The summed E-state index contributed by atoms with van der Waals surface area (Å²) in [6.45, 7) is 0. The zero-order chi connectivity index (χ0) is 15.0. The molecule has 0 radical (unpaired) electrons. The summed E-state index contributed by atoms with van der Waals surface area (Å²) >= 11 is 5.42. The number of benzene rings is 2. The summed E-state index contributed by atoms with van der Waals surface area (Å²) in [4.78, 5) is 26.2. The lowest BCUT2D eigenvalue weighted by atomic mass is 10.1. The molecule has 6 heteroatoms. The average molecular weight is 302 g/mol. The summed E-state index contributed by atoms with van der Waals surface area (Å²) in [5.74, 6) is -0.648. The Labute approximate surface area is 123 Å². The van der Waals surface area contributed by atoms with E-state index in [0.29, 0.717) is 28.1 Å². The highest BCUT2D eigenvalue weighted by molar-refractivity contribution is 6.67.